The van der Waals surface area contributed by atoms with Gasteiger partial charge in [-0.25, -0.2) is 9.99 Å². The Morgan fingerprint density at radius 3 is 2.77 bits per heavy atom. The number of aromatic nitrogens is 4. The second-order valence-corrected chi connectivity index (χ2v) is 8.05. The van der Waals surface area contributed by atoms with Crippen molar-refractivity contribution in [1.82, 2.24) is 30.0 Å². The highest BCUT2D eigenvalue weighted by Crippen LogP contribution is 2.29. The number of hydrogen-bond acceptors (Lipinski definition) is 6. The van der Waals surface area contributed by atoms with E-state index in [1.165, 1.54) is 0 Å². The summed E-state index contributed by atoms with van der Waals surface area (Å²) in [7, 11) is 0. The lowest BCUT2D eigenvalue weighted by molar-refractivity contribution is -0.124. The van der Waals surface area contributed by atoms with Crippen molar-refractivity contribution in [1.29, 1.82) is 0 Å². The standard InChI is InChI=1S/C22H24N6O2/c1-14(2)22-24-21(26-30-22)20-18-11-15(12-19(29)25-27-9-5-6-10-27)16-7-3-4-8-17(16)28(18)13-23-20/h3-4,7-8,11,13-14H,5-6,9-10,12H2,1-2H3,(H,25,29). The van der Waals surface area contributed by atoms with E-state index in [0.29, 0.717) is 23.8 Å². The molecular formula is C22H24N6O2. The second-order valence-electron chi connectivity index (χ2n) is 8.05. The van der Waals surface area contributed by atoms with Gasteiger partial charge in [0, 0.05) is 24.4 Å². The number of para-hydroxylation sites is 1. The smallest absolute Gasteiger partial charge is 0.238 e. The maximum absolute atomic E-state index is 12.7. The van der Waals surface area contributed by atoms with Crippen molar-refractivity contribution in [2.75, 3.05) is 13.1 Å². The largest absolute Gasteiger partial charge is 0.339 e. The van der Waals surface area contributed by atoms with Gasteiger partial charge in [0.25, 0.3) is 0 Å². The number of pyridine rings is 1. The van der Waals surface area contributed by atoms with Crippen LogP contribution in [0.2, 0.25) is 0 Å². The molecule has 1 aliphatic heterocycles. The van der Waals surface area contributed by atoms with E-state index in [-0.39, 0.29) is 11.8 Å². The summed E-state index contributed by atoms with van der Waals surface area (Å²) in [5.74, 6) is 1.18. The summed E-state index contributed by atoms with van der Waals surface area (Å²) < 4.78 is 7.39. The van der Waals surface area contributed by atoms with E-state index in [1.807, 2.05) is 53.6 Å². The first-order valence-electron chi connectivity index (χ1n) is 10.4. The molecule has 3 aromatic heterocycles. The molecule has 1 aliphatic rings. The van der Waals surface area contributed by atoms with Gasteiger partial charge >= 0.3 is 0 Å². The van der Waals surface area contributed by atoms with Gasteiger partial charge in [0.15, 0.2) is 0 Å². The van der Waals surface area contributed by atoms with Crippen molar-refractivity contribution in [3.8, 4) is 11.5 Å². The van der Waals surface area contributed by atoms with E-state index in [2.05, 4.69) is 20.6 Å². The molecule has 1 aromatic carbocycles. The fraction of sp³-hybridized carbons (Fsp3) is 0.364. The Morgan fingerprint density at radius 2 is 2.00 bits per heavy atom. The van der Waals surface area contributed by atoms with Crippen LogP contribution in [0.25, 0.3) is 27.9 Å². The second kappa shape index (κ2) is 7.53. The first kappa shape index (κ1) is 18.7. The molecule has 4 heterocycles. The van der Waals surface area contributed by atoms with Gasteiger partial charge in [-0.05, 0) is 30.5 Å². The summed E-state index contributed by atoms with van der Waals surface area (Å²) in [6.07, 6.45) is 4.31. The van der Waals surface area contributed by atoms with E-state index in [0.717, 1.165) is 47.9 Å². The number of amides is 1. The third-order valence-corrected chi connectivity index (χ3v) is 5.51. The number of nitrogens with one attached hydrogen (secondary N) is 1. The Balaban J connectivity index is 1.57. The lowest BCUT2D eigenvalue weighted by Crippen LogP contribution is -2.40. The Bertz CT molecular complexity index is 1220. The van der Waals surface area contributed by atoms with Crippen molar-refractivity contribution < 1.29 is 9.32 Å². The third-order valence-electron chi connectivity index (χ3n) is 5.51. The molecule has 1 amide bonds. The Hall–Kier alpha value is -3.26. The van der Waals surface area contributed by atoms with Crippen LogP contribution in [0.1, 0.15) is 44.1 Å². The average molecular weight is 404 g/mol. The Kier molecular flexibility index (Phi) is 4.71. The van der Waals surface area contributed by atoms with Crippen LogP contribution in [-0.4, -0.2) is 43.5 Å². The van der Waals surface area contributed by atoms with E-state index in [1.54, 1.807) is 6.33 Å². The molecule has 0 bridgehead atoms. The van der Waals surface area contributed by atoms with E-state index >= 15 is 0 Å². The highest BCUT2D eigenvalue weighted by atomic mass is 16.5. The van der Waals surface area contributed by atoms with Gasteiger partial charge in [-0.1, -0.05) is 37.2 Å². The molecule has 8 heteroatoms. The number of rotatable bonds is 5. The van der Waals surface area contributed by atoms with Gasteiger partial charge in [0.1, 0.15) is 12.0 Å². The van der Waals surface area contributed by atoms with Gasteiger partial charge in [0.2, 0.25) is 17.6 Å². The number of hydrazine groups is 1. The normalized spacial score (nSPS) is 14.9. The molecule has 0 unspecified atom stereocenters. The molecule has 0 saturated carbocycles. The summed E-state index contributed by atoms with van der Waals surface area (Å²) in [6.45, 7) is 5.84. The van der Waals surface area contributed by atoms with Crippen molar-refractivity contribution in [3.05, 3.63) is 48.1 Å². The number of benzene rings is 1. The third kappa shape index (κ3) is 3.33. The molecule has 30 heavy (non-hydrogen) atoms. The molecule has 0 atom stereocenters. The lowest BCUT2D eigenvalue weighted by atomic mass is 10.0. The first-order chi connectivity index (χ1) is 14.6. The van der Waals surface area contributed by atoms with Gasteiger partial charge in [-0.3, -0.25) is 14.6 Å². The molecule has 4 aromatic rings. The van der Waals surface area contributed by atoms with E-state index in [4.69, 9.17) is 4.52 Å². The van der Waals surface area contributed by atoms with Crippen molar-refractivity contribution in [3.63, 3.8) is 0 Å². The van der Waals surface area contributed by atoms with Crippen LogP contribution in [0.15, 0.2) is 41.2 Å². The minimum absolute atomic E-state index is 0.00544. The van der Waals surface area contributed by atoms with Crippen LogP contribution < -0.4 is 5.43 Å². The number of hydrogen-bond donors (Lipinski definition) is 1. The number of imidazole rings is 1. The number of fused-ring (bicyclic) bond motifs is 3. The predicted molar refractivity (Wildman–Crippen MR) is 113 cm³/mol. The lowest BCUT2D eigenvalue weighted by Gasteiger charge is -2.17. The zero-order chi connectivity index (χ0) is 20.7. The van der Waals surface area contributed by atoms with Gasteiger partial charge in [-0.2, -0.15) is 4.98 Å². The Morgan fingerprint density at radius 1 is 1.20 bits per heavy atom. The average Bonchev–Trinajstić information content (AvgIpc) is 3.48. The molecule has 154 valence electrons. The maximum atomic E-state index is 12.7. The van der Waals surface area contributed by atoms with Crippen LogP contribution in [-0.2, 0) is 11.2 Å². The zero-order valence-electron chi connectivity index (χ0n) is 17.1. The van der Waals surface area contributed by atoms with Crippen molar-refractivity contribution >= 4 is 22.3 Å². The van der Waals surface area contributed by atoms with Crippen molar-refractivity contribution in [2.24, 2.45) is 0 Å². The van der Waals surface area contributed by atoms with Crippen LogP contribution in [0.4, 0.5) is 0 Å². The molecule has 1 saturated heterocycles. The van der Waals surface area contributed by atoms with Gasteiger partial charge < -0.3 is 4.52 Å². The molecule has 0 spiro atoms. The highest BCUT2D eigenvalue weighted by molar-refractivity contribution is 5.93. The van der Waals surface area contributed by atoms with Crippen LogP contribution >= 0.6 is 0 Å². The zero-order valence-corrected chi connectivity index (χ0v) is 17.1. The van der Waals surface area contributed by atoms with Gasteiger partial charge in [0.05, 0.1) is 17.5 Å². The molecule has 5 rings (SSSR count). The number of carbonyl (C=O) groups excluding carboxylic acids is 1. The summed E-state index contributed by atoms with van der Waals surface area (Å²) in [5, 5.41) is 7.15. The quantitative estimate of drug-likeness (QED) is 0.549. The monoisotopic (exact) mass is 404 g/mol. The van der Waals surface area contributed by atoms with Crippen molar-refractivity contribution in [2.45, 2.75) is 39.0 Å². The van der Waals surface area contributed by atoms with Crippen LogP contribution in [0, 0.1) is 0 Å². The fourth-order valence-corrected chi connectivity index (χ4v) is 3.99. The minimum Gasteiger partial charge on any atom is -0.339 e. The molecule has 1 N–H and O–H groups in total. The van der Waals surface area contributed by atoms with Crippen LogP contribution in [0.3, 0.4) is 0 Å². The summed E-state index contributed by atoms with van der Waals surface area (Å²) in [6, 6.07) is 10.1. The number of carbonyl (C=O) groups is 1. The minimum atomic E-state index is -0.00544. The van der Waals surface area contributed by atoms with Gasteiger partial charge in [-0.15, -0.1) is 0 Å². The van der Waals surface area contributed by atoms with E-state index in [9.17, 15) is 4.79 Å². The summed E-state index contributed by atoms with van der Waals surface area (Å²) in [5.41, 5.74) is 6.47. The van der Waals surface area contributed by atoms with Crippen LogP contribution in [0.5, 0.6) is 0 Å². The maximum Gasteiger partial charge on any atom is 0.238 e. The molecule has 0 aliphatic carbocycles. The fourth-order valence-electron chi connectivity index (χ4n) is 3.99. The SMILES string of the molecule is CC(C)c1nc(-c2ncn3c2cc(CC(=O)NN2CCCC2)c2ccccc23)no1. The highest BCUT2D eigenvalue weighted by Gasteiger charge is 2.20. The predicted octanol–water partition coefficient (Wildman–Crippen LogP) is 3.33. The molecule has 8 nitrogen and oxygen atoms in total. The van der Waals surface area contributed by atoms with E-state index < -0.39 is 0 Å². The molecule has 1 fully saturated rings. The molecule has 0 radical (unpaired) electrons. The topological polar surface area (TPSA) is 88.6 Å². The summed E-state index contributed by atoms with van der Waals surface area (Å²) >= 11 is 0. The summed E-state index contributed by atoms with van der Waals surface area (Å²) in [4.78, 5) is 21.8. The molecular weight excluding hydrogens is 380 g/mol. The number of nitrogens with zero attached hydrogens (tertiary/aromatic N) is 5. The Labute approximate surface area is 173 Å². The first-order valence-corrected chi connectivity index (χ1v) is 10.4.